The SMILES string of the molecule is CC.CC.[B]=C(OC)c1scc(C)c1NC(=O)CCC(=O)Nc1sc2c(c1C(N)=O)CCC2. The Bertz CT molecular complexity index is 998. The minimum atomic E-state index is -0.537. The summed E-state index contributed by atoms with van der Waals surface area (Å²) in [4.78, 5) is 38.2. The third-order valence-corrected chi connectivity index (χ3v) is 7.00. The van der Waals surface area contributed by atoms with Crippen LogP contribution in [0, 0.1) is 6.92 Å². The summed E-state index contributed by atoms with van der Waals surface area (Å²) in [5.41, 5.74) is 8.53. The van der Waals surface area contributed by atoms with Gasteiger partial charge in [0.2, 0.25) is 0 Å². The van der Waals surface area contributed by atoms with E-state index in [-0.39, 0.29) is 30.3 Å². The van der Waals surface area contributed by atoms with E-state index in [1.54, 1.807) is 0 Å². The number of carbonyl (C=O) groups is 3. The molecule has 7 nitrogen and oxygen atoms in total. The molecule has 1 radical (unpaired) electrons. The zero-order valence-corrected chi connectivity index (χ0v) is 21.9. The summed E-state index contributed by atoms with van der Waals surface area (Å²) in [6.45, 7) is 9.85. The van der Waals surface area contributed by atoms with Gasteiger partial charge in [-0.2, -0.15) is 0 Å². The van der Waals surface area contributed by atoms with E-state index in [4.69, 9.17) is 18.0 Å². The molecule has 0 saturated heterocycles. The van der Waals surface area contributed by atoms with Crippen LogP contribution in [0.2, 0.25) is 0 Å². The summed E-state index contributed by atoms with van der Waals surface area (Å²) < 4.78 is 5.05. The number of ether oxygens (including phenoxy) is 1. The van der Waals surface area contributed by atoms with Crippen molar-refractivity contribution in [2.24, 2.45) is 5.73 Å². The fourth-order valence-corrected chi connectivity index (χ4v) is 5.50. The van der Waals surface area contributed by atoms with Crippen molar-refractivity contribution >= 4 is 64.2 Å². The van der Waals surface area contributed by atoms with Crippen molar-refractivity contribution in [2.45, 2.75) is 66.7 Å². The topological polar surface area (TPSA) is 111 Å². The van der Waals surface area contributed by atoms with Gasteiger partial charge in [-0.05, 0) is 19.3 Å². The average Bonchev–Trinajstić information content (AvgIpc) is 3.49. The van der Waals surface area contributed by atoms with Crippen molar-refractivity contribution in [2.75, 3.05) is 17.7 Å². The standard InChI is InChI=1S/C19H21BN3O4S2.2C2H6/c1-9-8-28-16(17(20)27-2)15(9)22-12(24)6-7-13(25)23-19-14(18(21)26)10-4-3-5-11(10)29-19;2*1-2/h8H,3-7H2,1-2H3,(H2,21,26)(H,22,24)(H,23,25);2*1-2H3. The molecule has 0 saturated carbocycles. The molecule has 0 fully saturated rings. The number of hydrogen-bond acceptors (Lipinski definition) is 6. The molecule has 0 aromatic carbocycles. The van der Waals surface area contributed by atoms with Gasteiger partial charge in [0.05, 0.1) is 0 Å². The number of nitrogens with two attached hydrogens (primary N) is 1. The van der Waals surface area contributed by atoms with Gasteiger partial charge < -0.3 is 5.73 Å². The summed E-state index contributed by atoms with van der Waals surface area (Å²) in [6.07, 6.45) is 2.65. The molecule has 0 spiro atoms. The van der Waals surface area contributed by atoms with Crippen molar-refractivity contribution in [1.82, 2.24) is 0 Å². The number of methoxy groups -OCH3 is 1. The van der Waals surface area contributed by atoms with Crippen LogP contribution >= 0.6 is 22.7 Å². The predicted molar refractivity (Wildman–Crippen MR) is 140 cm³/mol. The fourth-order valence-electron chi connectivity index (χ4n) is 3.24. The van der Waals surface area contributed by atoms with Gasteiger partial charge >= 0.3 is 148 Å². The maximum absolute atomic E-state index is 12.3. The number of rotatable bonds is 8. The summed E-state index contributed by atoms with van der Waals surface area (Å²) in [5.74, 6) is -1.19. The Balaban J connectivity index is 0.00000129. The molecule has 3 amide bonds. The van der Waals surface area contributed by atoms with Crippen LogP contribution in [0.3, 0.4) is 0 Å². The Morgan fingerprint density at radius 2 is 1.70 bits per heavy atom. The maximum atomic E-state index is 12.3. The average molecular weight is 490 g/mol. The van der Waals surface area contributed by atoms with Gasteiger partial charge in [0.1, 0.15) is 0 Å². The summed E-state index contributed by atoms with van der Waals surface area (Å²) >= 11 is 2.76. The van der Waals surface area contributed by atoms with E-state index in [1.807, 2.05) is 40.0 Å². The van der Waals surface area contributed by atoms with Gasteiger partial charge in [-0.25, -0.2) is 0 Å². The van der Waals surface area contributed by atoms with Crippen molar-refractivity contribution in [3.63, 3.8) is 0 Å². The molecule has 2 aromatic rings. The van der Waals surface area contributed by atoms with E-state index in [9.17, 15) is 14.4 Å². The second kappa shape index (κ2) is 13.9. The van der Waals surface area contributed by atoms with Crippen LogP contribution in [0.4, 0.5) is 10.7 Å². The van der Waals surface area contributed by atoms with E-state index in [0.717, 1.165) is 35.3 Å². The van der Waals surface area contributed by atoms with E-state index in [0.29, 0.717) is 21.1 Å². The van der Waals surface area contributed by atoms with Gasteiger partial charge in [-0.1, -0.05) is 27.7 Å². The van der Waals surface area contributed by atoms with Crippen LogP contribution in [0.1, 0.15) is 78.2 Å². The fraction of sp³-hybridized carbons (Fsp3) is 0.478. The third-order valence-electron chi connectivity index (χ3n) is 4.68. The Morgan fingerprint density at radius 3 is 2.27 bits per heavy atom. The van der Waals surface area contributed by atoms with Crippen molar-refractivity contribution in [3.05, 3.63) is 31.8 Å². The molecule has 0 unspecified atom stereocenters. The molecular formula is C23H33BN3O4S2. The van der Waals surface area contributed by atoms with E-state index < -0.39 is 5.91 Å². The Morgan fingerprint density at radius 1 is 1.09 bits per heavy atom. The number of fused-ring (bicyclic) bond motifs is 1. The molecular weight excluding hydrogens is 457 g/mol. The van der Waals surface area contributed by atoms with Crippen LogP contribution in [-0.2, 0) is 27.2 Å². The molecule has 179 valence electrons. The second-order valence-electron chi connectivity index (χ2n) is 6.71. The minimum absolute atomic E-state index is 0.00948. The molecule has 4 N–H and O–H groups in total. The third kappa shape index (κ3) is 7.27. The van der Waals surface area contributed by atoms with Gasteiger partial charge in [-0.15, -0.1) is 0 Å². The molecule has 0 atom stereocenters. The number of aryl methyl sites for hydroxylation is 2. The number of thiophene rings is 2. The number of hydrogen-bond donors (Lipinski definition) is 3. The zero-order valence-electron chi connectivity index (χ0n) is 20.2. The number of primary amides is 1. The van der Waals surface area contributed by atoms with Crippen molar-refractivity contribution in [1.29, 1.82) is 0 Å². The molecule has 3 rings (SSSR count). The smallest absolute Gasteiger partial charge is 0.365 e. The first kappa shape index (κ1) is 28.6. The van der Waals surface area contributed by atoms with Crippen molar-refractivity contribution < 1.29 is 19.1 Å². The molecule has 2 heterocycles. The monoisotopic (exact) mass is 490 g/mol. The second-order valence-corrected chi connectivity index (χ2v) is 8.70. The first-order valence-electron chi connectivity index (χ1n) is 11.1. The number of nitrogens with one attached hydrogen (secondary N) is 2. The summed E-state index contributed by atoms with van der Waals surface area (Å²) in [7, 11) is 7.27. The Kier molecular flexibility index (Phi) is 12.1. The molecule has 10 heteroatoms. The normalized spacial score (nSPS) is 11.2. The van der Waals surface area contributed by atoms with Crippen LogP contribution < -0.4 is 16.4 Å². The molecule has 1 aliphatic rings. The number of amides is 3. The molecule has 2 aromatic heterocycles. The Labute approximate surface area is 205 Å². The molecule has 0 aliphatic heterocycles. The van der Waals surface area contributed by atoms with Crippen molar-refractivity contribution in [3.8, 4) is 0 Å². The summed E-state index contributed by atoms with van der Waals surface area (Å²) in [6, 6.07) is 0. The number of anilines is 2. The van der Waals surface area contributed by atoms with Gasteiger partial charge in [0.15, 0.2) is 0 Å². The minimum Gasteiger partial charge on any atom is -0.365 e. The van der Waals surface area contributed by atoms with Gasteiger partial charge in [-0.3, -0.25) is 4.79 Å². The van der Waals surface area contributed by atoms with Crippen LogP contribution in [-0.4, -0.2) is 38.0 Å². The summed E-state index contributed by atoms with van der Waals surface area (Å²) in [5, 5.41) is 7.88. The van der Waals surface area contributed by atoms with Crippen LogP contribution in [0.25, 0.3) is 0 Å². The number of carbonyl (C=O) groups excluding carboxylic acids is 3. The Hall–Kier alpha value is -2.46. The predicted octanol–water partition coefficient (Wildman–Crippen LogP) is 4.41. The van der Waals surface area contributed by atoms with E-state index >= 15 is 0 Å². The molecule has 1 aliphatic carbocycles. The van der Waals surface area contributed by atoms with E-state index in [2.05, 4.69) is 10.6 Å². The molecule has 0 bridgehead atoms. The first-order chi connectivity index (χ1) is 15.8. The van der Waals surface area contributed by atoms with Gasteiger partial charge in [0.25, 0.3) is 0 Å². The van der Waals surface area contributed by atoms with E-state index in [1.165, 1.54) is 29.8 Å². The van der Waals surface area contributed by atoms with Crippen LogP contribution in [0.15, 0.2) is 5.38 Å². The van der Waals surface area contributed by atoms with Gasteiger partial charge in [0, 0.05) is 0 Å². The zero-order chi connectivity index (χ0) is 25.1. The molecule has 33 heavy (non-hydrogen) atoms. The first-order valence-corrected chi connectivity index (χ1v) is 12.8. The van der Waals surface area contributed by atoms with Crippen LogP contribution in [0.5, 0.6) is 0 Å². The quantitative estimate of drug-likeness (QED) is 0.476.